The number of para-hydroxylation sites is 1. The Kier molecular flexibility index (Phi) is 6.09. The maximum Gasteiger partial charge on any atom is 0.150 e. The van der Waals surface area contributed by atoms with Gasteiger partial charge in [0, 0.05) is 36.9 Å². The van der Waals surface area contributed by atoms with Gasteiger partial charge in [0.25, 0.3) is 0 Å². The van der Waals surface area contributed by atoms with E-state index in [9.17, 15) is 0 Å². The van der Waals surface area contributed by atoms with Crippen LogP contribution in [0.1, 0.15) is 49.9 Å². The van der Waals surface area contributed by atoms with Gasteiger partial charge in [0.2, 0.25) is 0 Å². The highest BCUT2D eigenvalue weighted by Crippen LogP contribution is 2.63. The van der Waals surface area contributed by atoms with Crippen LogP contribution in [0.5, 0.6) is 0 Å². The molecule has 2 aliphatic heterocycles. The topological polar surface area (TPSA) is 9.72 Å². The molecule has 0 N–H and O–H groups in total. The molecule has 4 heteroatoms. The Morgan fingerprint density at radius 1 is 0.774 bits per heavy atom. The number of anilines is 1. The van der Waals surface area contributed by atoms with Gasteiger partial charge in [-0.05, 0) is 49.9 Å². The molecule has 31 heavy (non-hydrogen) atoms. The highest BCUT2D eigenvalue weighted by atomic mass is 31.2. The average Bonchev–Trinajstić information content (AvgIpc) is 3.43. The summed E-state index contributed by atoms with van der Waals surface area (Å²) in [7, 11) is -0.615. The third-order valence-corrected chi connectivity index (χ3v) is 9.71. The second-order valence-electron chi connectivity index (χ2n) is 8.70. The van der Waals surface area contributed by atoms with Gasteiger partial charge in [0.15, 0.2) is 8.37 Å². The summed E-state index contributed by atoms with van der Waals surface area (Å²) in [5.74, 6) is 0. The Balaban J connectivity index is 1.59. The van der Waals surface area contributed by atoms with Crippen LogP contribution in [0.25, 0.3) is 0 Å². The second kappa shape index (κ2) is 9.12. The number of nitrogens with zero attached hydrogens (tertiary/aromatic N) is 3. The van der Waals surface area contributed by atoms with Crippen molar-refractivity contribution in [2.24, 2.45) is 0 Å². The van der Waals surface area contributed by atoms with Crippen molar-refractivity contribution in [1.29, 1.82) is 0 Å². The second-order valence-corrected chi connectivity index (χ2v) is 10.7. The van der Waals surface area contributed by atoms with E-state index in [4.69, 9.17) is 0 Å². The predicted octanol–water partition coefficient (Wildman–Crippen LogP) is 7.02. The SMILES string of the molecule is C[C@@H](c1ccccc1)N([C@@H](C)c1ccccc1)[P@]1N(c2ccccc2)C[C@@H]2CCCN21. The molecule has 0 spiro atoms. The molecule has 0 saturated carbocycles. The molecule has 0 aliphatic carbocycles. The van der Waals surface area contributed by atoms with E-state index < -0.39 is 8.37 Å². The molecule has 2 heterocycles. The normalized spacial score (nSPS) is 23.1. The molecule has 0 radical (unpaired) electrons. The zero-order valence-corrected chi connectivity index (χ0v) is 19.4. The molecule has 3 aromatic rings. The minimum Gasteiger partial charge on any atom is -0.324 e. The van der Waals surface area contributed by atoms with Crippen LogP contribution in [0, 0.1) is 0 Å². The summed E-state index contributed by atoms with van der Waals surface area (Å²) >= 11 is 0. The van der Waals surface area contributed by atoms with Crippen LogP contribution in [0.2, 0.25) is 0 Å². The fourth-order valence-electron chi connectivity index (χ4n) is 5.13. The molecular formula is C27H32N3P. The molecule has 3 aromatic carbocycles. The van der Waals surface area contributed by atoms with E-state index in [-0.39, 0.29) is 0 Å². The van der Waals surface area contributed by atoms with Crippen LogP contribution < -0.4 is 4.67 Å². The van der Waals surface area contributed by atoms with Crippen molar-refractivity contribution in [2.75, 3.05) is 17.8 Å². The smallest absolute Gasteiger partial charge is 0.150 e. The van der Waals surface area contributed by atoms with Crippen molar-refractivity contribution in [3.8, 4) is 0 Å². The lowest BCUT2D eigenvalue weighted by atomic mass is 10.0. The molecule has 2 fully saturated rings. The van der Waals surface area contributed by atoms with Crippen molar-refractivity contribution in [1.82, 2.24) is 9.34 Å². The maximum atomic E-state index is 2.82. The van der Waals surface area contributed by atoms with Gasteiger partial charge in [-0.15, -0.1) is 0 Å². The Hall–Kier alpha value is -2.19. The van der Waals surface area contributed by atoms with E-state index in [1.54, 1.807) is 0 Å². The van der Waals surface area contributed by atoms with Crippen molar-refractivity contribution < 1.29 is 0 Å². The van der Waals surface area contributed by atoms with Crippen LogP contribution in [0.4, 0.5) is 5.69 Å². The van der Waals surface area contributed by atoms with E-state index in [2.05, 4.69) is 119 Å². The first-order valence-corrected chi connectivity index (χ1v) is 12.7. The van der Waals surface area contributed by atoms with E-state index in [1.165, 1.54) is 36.2 Å². The van der Waals surface area contributed by atoms with Crippen LogP contribution >= 0.6 is 8.37 Å². The predicted molar refractivity (Wildman–Crippen MR) is 132 cm³/mol. The third-order valence-electron chi connectivity index (χ3n) is 6.79. The van der Waals surface area contributed by atoms with Gasteiger partial charge >= 0.3 is 0 Å². The van der Waals surface area contributed by atoms with Gasteiger partial charge in [-0.1, -0.05) is 78.9 Å². The van der Waals surface area contributed by atoms with Gasteiger partial charge in [0.05, 0.1) is 0 Å². The Morgan fingerprint density at radius 3 is 1.84 bits per heavy atom. The quantitative estimate of drug-likeness (QED) is 0.390. The minimum absolute atomic E-state index is 0.327. The lowest BCUT2D eigenvalue weighted by Crippen LogP contribution is -2.34. The monoisotopic (exact) mass is 429 g/mol. The summed E-state index contributed by atoms with van der Waals surface area (Å²) in [6, 6.07) is 34.5. The number of fused-ring (bicyclic) bond motifs is 1. The first-order valence-electron chi connectivity index (χ1n) is 11.5. The van der Waals surface area contributed by atoms with E-state index in [1.807, 2.05) is 0 Å². The number of hydrogen-bond acceptors (Lipinski definition) is 3. The van der Waals surface area contributed by atoms with E-state index >= 15 is 0 Å². The molecular weight excluding hydrogens is 397 g/mol. The number of rotatable bonds is 6. The highest BCUT2D eigenvalue weighted by molar-refractivity contribution is 7.55. The molecule has 0 amide bonds. The van der Waals surface area contributed by atoms with Crippen molar-refractivity contribution >= 4 is 14.1 Å². The van der Waals surface area contributed by atoms with Crippen LogP contribution in [0.3, 0.4) is 0 Å². The van der Waals surface area contributed by atoms with E-state index in [0.717, 1.165) is 6.54 Å². The zero-order valence-electron chi connectivity index (χ0n) is 18.5. The van der Waals surface area contributed by atoms with Gasteiger partial charge in [-0.25, -0.2) is 9.34 Å². The molecule has 0 bridgehead atoms. The first kappa shape index (κ1) is 20.7. The van der Waals surface area contributed by atoms with E-state index in [0.29, 0.717) is 18.1 Å². The summed E-state index contributed by atoms with van der Waals surface area (Å²) < 4.78 is 8.33. The molecule has 3 nitrogen and oxygen atoms in total. The molecule has 160 valence electrons. The molecule has 2 aliphatic rings. The minimum atomic E-state index is -0.615. The fourth-order valence-corrected chi connectivity index (χ4v) is 8.29. The molecule has 0 aromatic heterocycles. The van der Waals surface area contributed by atoms with Crippen molar-refractivity contribution in [3.63, 3.8) is 0 Å². The summed E-state index contributed by atoms with van der Waals surface area (Å²) in [4.78, 5) is 0. The Labute approximate surface area is 188 Å². The maximum absolute atomic E-state index is 2.82. The highest BCUT2D eigenvalue weighted by Gasteiger charge is 2.48. The Bertz CT molecular complexity index is 920. The standard InChI is InChI=1S/C27H32N3P/c1-22(24-13-6-3-7-14-24)30(23(2)25-15-8-4-9-16-25)31-28-20-12-19-27(28)21-29(31)26-17-10-5-11-18-26/h3-11,13-18,22-23,27H,12,19-21H2,1-2H3/t22-,23-,27-,31-/m0/s1. The first-order chi connectivity index (χ1) is 15.2. The van der Waals surface area contributed by atoms with Crippen molar-refractivity contribution in [3.05, 3.63) is 102 Å². The summed E-state index contributed by atoms with van der Waals surface area (Å²) in [5, 5.41) is 0. The molecule has 5 rings (SSSR count). The van der Waals surface area contributed by atoms with Crippen LogP contribution in [-0.2, 0) is 0 Å². The largest absolute Gasteiger partial charge is 0.324 e. The van der Waals surface area contributed by atoms with Crippen LogP contribution in [0.15, 0.2) is 91.0 Å². The van der Waals surface area contributed by atoms with Crippen LogP contribution in [-0.4, -0.2) is 28.5 Å². The number of benzene rings is 3. The fraction of sp³-hybridized carbons (Fsp3) is 0.333. The van der Waals surface area contributed by atoms with Gasteiger partial charge < -0.3 is 4.67 Å². The molecule has 2 saturated heterocycles. The average molecular weight is 430 g/mol. The van der Waals surface area contributed by atoms with Gasteiger partial charge in [-0.3, -0.25) is 0 Å². The third kappa shape index (κ3) is 4.03. The zero-order chi connectivity index (χ0) is 21.2. The molecule has 0 unspecified atom stereocenters. The molecule has 4 atom stereocenters. The number of hydrogen-bond donors (Lipinski definition) is 0. The van der Waals surface area contributed by atoms with Crippen molar-refractivity contribution in [2.45, 2.75) is 44.8 Å². The summed E-state index contributed by atoms with van der Waals surface area (Å²) in [6.07, 6.45) is 2.63. The Morgan fingerprint density at radius 2 is 1.29 bits per heavy atom. The van der Waals surface area contributed by atoms with Gasteiger partial charge in [0.1, 0.15) is 0 Å². The van der Waals surface area contributed by atoms with Gasteiger partial charge in [-0.2, -0.15) is 0 Å². The summed E-state index contributed by atoms with van der Waals surface area (Å²) in [6.45, 7) is 7.13. The summed E-state index contributed by atoms with van der Waals surface area (Å²) in [5.41, 5.74) is 4.14. The lowest BCUT2D eigenvalue weighted by molar-refractivity contribution is 0.279. The lowest BCUT2D eigenvalue weighted by Gasteiger charge is -2.45.